The summed E-state index contributed by atoms with van der Waals surface area (Å²) in [5.41, 5.74) is 3.65. The molecule has 4 aromatic rings. The average Bonchev–Trinajstić information content (AvgIpc) is 3.35. The predicted octanol–water partition coefficient (Wildman–Crippen LogP) is 3.04. The van der Waals surface area contributed by atoms with Crippen LogP contribution in [-0.4, -0.2) is 29.8 Å². The van der Waals surface area contributed by atoms with E-state index in [1.54, 1.807) is 16.7 Å². The first-order valence-electron chi connectivity index (χ1n) is 10.5. The standard InChI is InChI=1S/C24H24N6O2/c1-3-9-18-15-22(31)29(14-4-2)24(32)30(18)16-21-19(17-10-6-5-7-11-17)12-8-13-20(21)23-25-27-28-26-23/h4-8,10-13,15H,2-3,9,14,16H2,1H3,(H,25,26,27,28). The third kappa shape index (κ3) is 4.07. The van der Waals surface area contributed by atoms with E-state index in [0.29, 0.717) is 17.9 Å². The Kier molecular flexibility index (Phi) is 6.21. The number of hydrogen-bond donors (Lipinski definition) is 1. The van der Waals surface area contributed by atoms with Gasteiger partial charge in [0.05, 0.1) is 6.54 Å². The topological polar surface area (TPSA) is 98.5 Å². The van der Waals surface area contributed by atoms with Gasteiger partial charge in [-0.15, -0.1) is 16.8 Å². The predicted molar refractivity (Wildman–Crippen MR) is 123 cm³/mol. The molecule has 0 radical (unpaired) electrons. The van der Waals surface area contributed by atoms with Crippen LogP contribution in [0.15, 0.2) is 76.8 Å². The van der Waals surface area contributed by atoms with Gasteiger partial charge in [0.2, 0.25) is 5.82 Å². The Bertz CT molecular complexity index is 1340. The molecule has 0 aliphatic rings. The van der Waals surface area contributed by atoms with Crippen LogP contribution >= 0.6 is 0 Å². The summed E-state index contributed by atoms with van der Waals surface area (Å²) in [7, 11) is 0. The number of aryl methyl sites for hydroxylation is 1. The first-order chi connectivity index (χ1) is 15.6. The molecule has 2 heterocycles. The summed E-state index contributed by atoms with van der Waals surface area (Å²) in [6.45, 7) is 6.12. The molecule has 0 aliphatic heterocycles. The molecular weight excluding hydrogens is 404 g/mol. The molecule has 0 spiro atoms. The molecule has 0 saturated carbocycles. The largest absolute Gasteiger partial charge is 0.331 e. The molecule has 0 atom stereocenters. The number of aromatic nitrogens is 6. The van der Waals surface area contributed by atoms with E-state index in [1.165, 1.54) is 4.57 Å². The zero-order valence-corrected chi connectivity index (χ0v) is 17.9. The summed E-state index contributed by atoms with van der Waals surface area (Å²) >= 11 is 0. The van der Waals surface area contributed by atoms with Crippen LogP contribution in [0.4, 0.5) is 0 Å². The van der Waals surface area contributed by atoms with Crippen LogP contribution in [0.5, 0.6) is 0 Å². The summed E-state index contributed by atoms with van der Waals surface area (Å²) in [4.78, 5) is 25.9. The molecule has 0 fully saturated rings. The quantitative estimate of drug-likeness (QED) is 0.435. The van der Waals surface area contributed by atoms with Crippen molar-refractivity contribution in [1.29, 1.82) is 0 Å². The van der Waals surface area contributed by atoms with Crippen molar-refractivity contribution in [2.24, 2.45) is 0 Å². The van der Waals surface area contributed by atoms with Gasteiger partial charge in [-0.2, -0.15) is 5.21 Å². The highest BCUT2D eigenvalue weighted by Gasteiger charge is 2.18. The number of rotatable bonds is 8. The van der Waals surface area contributed by atoms with Gasteiger partial charge < -0.3 is 0 Å². The van der Waals surface area contributed by atoms with Crippen LogP contribution < -0.4 is 11.2 Å². The van der Waals surface area contributed by atoms with E-state index < -0.39 is 0 Å². The van der Waals surface area contributed by atoms with E-state index in [0.717, 1.165) is 28.7 Å². The van der Waals surface area contributed by atoms with Crippen molar-refractivity contribution in [3.63, 3.8) is 0 Å². The molecule has 0 unspecified atom stereocenters. The molecule has 32 heavy (non-hydrogen) atoms. The summed E-state index contributed by atoms with van der Waals surface area (Å²) in [6, 6.07) is 17.4. The first kappa shape index (κ1) is 21.2. The summed E-state index contributed by atoms with van der Waals surface area (Å²) in [6.07, 6.45) is 2.97. The number of aromatic amines is 1. The lowest BCUT2D eigenvalue weighted by molar-refractivity contribution is 0.587. The van der Waals surface area contributed by atoms with Crippen LogP contribution in [-0.2, 0) is 19.5 Å². The molecule has 8 nitrogen and oxygen atoms in total. The Balaban J connectivity index is 1.97. The minimum absolute atomic E-state index is 0.155. The Labute approximate surface area is 184 Å². The lowest BCUT2D eigenvalue weighted by Crippen LogP contribution is -2.41. The van der Waals surface area contributed by atoms with Crippen molar-refractivity contribution < 1.29 is 0 Å². The fourth-order valence-corrected chi connectivity index (χ4v) is 3.88. The Morgan fingerprint density at radius 2 is 1.81 bits per heavy atom. The SMILES string of the molecule is C=CCn1c(=O)cc(CCC)n(Cc2c(-c3ccccc3)cccc2-c2nn[nH]n2)c1=O. The molecule has 2 aromatic carbocycles. The fourth-order valence-electron chi connectivity index (χ4n) is 3.88. The molecule has 0 bridgehead atoms. The van der Waals surface area contributed by atoms with E-state index in [-0.39, 0.29) is 24.3 Å². The van der Waals surface area contributed by atoms with Crippen molar-refractivity contribution in [3.05, 3.63) is 99.3 Å². The Morgan fingerprint density at radius 1 is 1.03 bits per heavy atom. The first-order valence-corrected chi connectivity index (χ1v) is 10.5. The van der Waals surface area contributed by atoms with Gasteiger partial charge in [0.25, 0.3) is 5.56 Å². The molecule has 162 valence electrons. The van der Waals surface area contributed by atoms with Crippen molar-refractivity contribution in [2.75, 3.05) is 0 Å². The molecule has 8 heteroatoms. The smallest absolute Gasteiger partial charge is 0.293 e. The zero-order chi connectivity index (χ0) is 22.5. The Hall–Kier alpha value is -4.07. The van der Waals surface area contributed by atoms with E-state index in [2.05, 4.69) is 27.2 Å². The molecule has 0 amide bonds. The Morgan fingerprint density at radius 3 is 2.50 bits per heavy atom. The van der Waals surface area contributed by atoms with Gasteiger partial charge in [-0.3, -0.25) is 13.9 Å². The third-order valence-corrected chi connectivity index (χ3v) is 5.35. The molecule has 1 N–H and O–H groups in total. The van der Waals surface area contributed by atoms with Gasteiger partial charge in [0.15, 0.2) is 0 Å². The maximum Gasteiger partial charge on any atom is 0.331 e. The number of allylic oxidation sites excluding steroid dienone is 1. The molecule has 2 aromatic heterocycles. The number of nitrogens with zero attached hydrogens (tertiary/aromatic N) is 5. The second-order valence-corrected chi connectivity index (χ2v) is 7.43. The van der Waals surface area contributed by atoms with Crippen molar-refractivity contribution in [1.82, 2.24) is 29.8 Å². The highest BCUT2D eigenvalue weighted by Crippen LogP contribution is 2.31. The summed E-state index contributed by atoms with van der Waals surface area (Å²) in [5, 5.41) is 14.5. The number of hydrogen-bond acceptors (Lipinski definition) is 5. The van der Waals surface area contributed by atoms with Crippen LogP contribution in [0.1, 0.15) is 24.6 Å². The van der Waals surface area contributed by atoms with E-state index >= 15 is 0 Å². The second-order valence-electron chi connectivity index (χ2n) is 7.43. The average molecular weight is 428 g/mol. The minimum Gasteiger partial charge on any atom is -0.293 e. The van der Waals surface area contributed by atoms with Gasteiger partial charge in [0, 0.05) is 23.9 Å². The van der Waals surface area contributed by atoms with Gasteiger partial charge in [-0.1, -0.05) is 68.0 Å². The van der Waals surface area contributed by atoms with Gasteiger partial charge in [0.1, 0.15) is 0 Å². The van der Waals surface area contributed by atoms with Crippen molar-refractivity contribution in [2.45, 2.75) is 32.9 Å². The number of benzene rings is 2. The lowest BCUT2D eigenvalue weighted by Gasteiger charge is -2.19. The van der Waals surface area contributed by atoms with Crippen LogP contribution in [0.3, 0.4) is 0 Å². The maximum absolute atomic E-state index is 13.4. The van der Waals surface area contributed by atoms with Crippen molar-refractivity contribution in [3.8, 4) is 22.5 Å². The summed E-state index contributed by atoms with van der Waals surface area (Å²) < 4.78 is 2.87. The van der Waals surface area contributed by atoms with Gasteiger partial charge in [-0.05, 0) is 28.3 Å². The lowest BCUT2D eigenvalue weighted by atomic mass is 9.94. The van der Waals surface area contributed by atoms with E-state index in [1.807, 2.05) is 55.5 Å². The number of H-pyrrole nitrogens is 1. The zero-order valence-electron chi connectivity index (χ0n) is 17.9. The fraction of sp³-hybridized carbons (Fsp3) is 0.208. The second kappa shape index (κ2) is 9.38. The highest BCUT2D eigenvalue weighted by molar-refractivity contribution is 5.76. The molecule has 0 aliphatic carbocycles. The molecule has 4 rings (SSSR count). The maximum atomic E-state index is 13.4. The van der Waals surface area contributed by atoms with Crippen molar-refractivity contribution >= 4 is 0 Å². The number of tetrazole rings is 1. The normalized spacial score (nSPS) is 10.9. The summed E-state index contributed by atoms with van der Waals surface area (Å²) in [5.74, 6) is 0.447. The van der Waals surface area contributed by atoms with Crippen LogP contribution in [0.2, 0.25) is 0 Å². The van der Waals surface area contributed by atoms with E-state index in [9.17, 15) is 9.59 Å². The number of nitrogens with one attached hydrogen (secondary N) is 1. The van der Waals surface area contributed by atoms with Crippen LogP contribution in [0.25, 0.3) is 22.5 Å². The monoisotopic (exact) mass is 428 g/mol. The molecular formula is C24H24N6O2. The minimum atomic E-state index is -0.359. The van der Waals surface area contributed by atoms with E-state index in [4.69, 9.17) is 0 Å². The van der Waals surface area contributed by atoms with Crippen LogP contribution in [0, 0.1) is 0 Å². The third-order valence-electron chi connectivity index (χ3n) is 5.35. The highest BCUT2D eigenvalue weighted by atomic mass is 16.2. The molecule has 0 saturated heterocycles. The van der Waals surface area contributed by atoms with Gasteiger partial charge >= 0.3 is 5.69 Å². The van der Waals surface area contributed by atoms with Gasteiger partial charge in [-0.25, -0.2) is 4.79 Å².